The van der Waals surface area contributed by atoms with Crippen LogP contribution in [0.5, 0.6) is 0 Å². The fourth-order valence-electron chi connectivity index (χ4n) is 4.56. The second-order valence-electron chi connectivity index (χ2n) is 9.85. The highest BCUT2D eigenvalue weighted by Gasteiger charge is 2.20. The smallest absolute Gasteiger partial charge is 0.166 e. The monoisotopic (exact) mass is 488 g/mol. The summed E-state index contributed by atoms with van der Waals surface area (Å²) in [5.41, 5.74) is 7.71. The van der Waals surface area contributed by atoms with Gasteiger partial charge in [0, 0.05) is 51.0 Å². The van der Waals surface area contributed by atoms with Gasteiger partial charge in [0.05, 0.1) is 0 Å². The van der Waals surface area contributed by atoms with Crippen molar-refractivity contribution < 1.29 is 4.79 Å². The summed E-state index contributed by atoms with van der Waals surface area (Å²) >= 11 is 0. The molecule has 0 saturated heterocycles. The lowest BCUT2D eigenvalue weighted by Crippen LogP contribution is -2.17. The lowest BCUT2D eigenvalue weighted by atomic mass is 9.86. The molecule has 0 aromatic heterocycles. The van der Waals surface area contributed by atoms with Gasteiger partial charge in [-0.2, -0.15) is 0 Å². The van der Waals surface area contributed by atoms with Crippen molar-refractivity contribution in [2.75, 3.05) is 38.0 Å². The molecule has 0 bridgehead atoms. The van der Waals surface area contributed by atoms with Gasteiger partial charge in [-0.15, -0.1) is 0 Å². The molecule has 37 heavy (non-hydrogen) atoms. The van der Waals surface area contributed by atoms with Crippen LogP contribution in [0.15, 0.2) is 115 Å². The Morgan fingerprint density at radius 3 is 1.54 bits per heavy atom. The number of hydrogen-bond donors (Lipinski definition) is 0. The van der Waals surface area contributed by atoms with E-state index in [1.807, 2.05) is 48.5 Å². The minimum Gasteiger partial charge on any atom is -0.378 e. The van der Waals surface area contributed by atoms with Crippen molar-refractivity contribution in [2.45, 2.75) is 12.8 Å². The van der Waals surface area contributed by atoms with Gasteiger partial charge in [0.2, 0.25) is 0 Å². The first-order chi connectivity index (χ1) is 17.9. The molecule has 0 amide bonds. The van der Waals surface area contributed by atoms with Crippen molar-refractivity contribution in [3.63, 3.8) is 0 Å². The van der Waals surface area contributed by atoms with Gasteiger partial charge in [-0.25, -0.2) is 0 Å². The number of ketones is 1. The molecule has 0 N–H and O–H groups in total. The number of Topliss-reactive ketones (excluding diaryl/α,β-unsaturated/α-hetero) is 1. The standard InChI is InChI=1S/C34H36N2O/c1-35(2)31-20-15-27(16-21-31)33(28-17-22-32(23-18-28)36(3)4)24-19-30(25-26-11-7-5-8-12-26)34(37)29-13-9-6-10-14-29/h5-18,20-24,30H,19,25H2,1-4H3/t30-/m0/s1. The van der Waals surface area contributed by atoms with E-state index >= 15 is 0 Å². The summed E-state index contributed by atoms with van der Waals surface area (Å²) in [5, 5.41) is 0. The largest absolute Gasteiger partial charge is 0.378 e. The number of allylic oxidation sites excluding steroid dienone is 1. The zero-order valence-corrected chi connectivity index (χ0v) is 22.3. The van der Waals surface area contributed by atoms with Crippen LogP contribution in [0.4, 0.5) is 11.4 Å². The Morgan fingerprint density at radius 1 is 0.622 bits per heavy atom. The molecule has 4 aromatic carbocycles. The predicted octanol–water partition coefficient (Wildman–Crippen LogP) is 7.38. The fourth-order valence-corrected chi connectivity index (χ4v) is 4.56. The number of anilines is 2. The van der Waals surface area contributed by atoms with Gasteiger partial charge >= 0.3 is 0 Å². The van der Waals surface area contributed by atoms with Crippen molar-refractivity contribution in [1.29, 1.82) is 0 Å². The first-order valence-corrected chi connectivity index (χ1v) is 12.8. The molecule has 0 aliphatic heterocycles. The zero-order chi connectivity index (χ0) is 26.2. The van der Waals surface area contributed by atoms with Crippen molar-refractivity contribution in [3.05, 3.63) is 138 Å². The number of carbonyl (C=O) groups excluding carboxylic acids is 1. The summed E-state index contributed by atoms with van der Waals surface area (Å²) in [4.78, 5) is 17.8. The first-order valence-electron chi connectivity index (χ1n) is 12.8. The van der Waals surface area contributed by atoms with E-state index in [1.165, 1.54) is 5.56 Å². The fraction of sp³-hybridized carbons (Fsp3) is 0.206. The Labute approximate surface area is 221 Å². The van der Waals surface area contributed by atoms with Gasteiger partial charge in [-0.05, 0) is 59.4 Å². The molecular formula is C34H36N2O. The highest BCUT2D eigenvalue weighted by atomic mass is 16.1. The summed E-state index contributed by atoms with van der Waals surface area (Å²) in [7, 11) is 8.20. The Balaban J connectivity index is 1.72. The summed E-state index contributed by atoms with van der Waals surface area (Å²) < 4.78 is 0. The molecule has 4 aromatic rings. The predicted molar refractivity (Wildman–Crippen MR) is 158 cm³/mol. The van der Waals surface area contributed by atoms with Crippen molar-refractivity contribution in [2.24, 2.45) is 5.92 Å². The second-order valence-corrected chi connectivity index (χ2v) is 9.85. The minimum atomic E-state index is -0.151. The molecule has 0 unspecified atom stereocenters. The van der Waals surface area contributed by atoms with E-state index < -0.39 is 0 Å². The van der Waals surface area contributed by atoms with Crippen LogP contribution in [-0.2, 0) is 6.42 Å². The van der Waals surface area contributed by atoms with E-state index in [0.29, 0.717) is 12.8 Å². The maximum atomic E-state index is 13.6. The normalized spacial score (nSPS) is 11.5. The van der Waals surface area contributed by atoms with Gasteiger partial charge in [-0.1, -0.05) is 91.0 Å². The van der Waals surface area contributed by atoms with Crippen LogP contribution in [0.1, 0.15) is 33.5 Å². The van der Waals surface area contributed by atoms with E-state index in [-0.39, 0.29) is 11.7 Å². The molecule has 0 aliphatic carbocycles. The number of carbonyl (C=O) groups is 1. The quantitative estimate of drug-likeness (QED) is 0.218. The topological polar surface area (TPSA) is 23.6 Å². The number of nitrogens with zero attached hydrogens (tertiary/aromatic N) is 2. The molecule has 0 fully saturated rings. The van der Waals surface area contributed by atoms with Gasteiger partial charge in [0.1, 0.15) is 0 Å². The summed E-state index contributed by atoms with van der Waals surface area (Å²) in [6, 6.07) is 37.3. The summed E-state index contributed by atoms with van der Waals surface area (Å²) in [5.74, 6) is 0.0351. The number of rotatable bonds is 10. The van der Waals surface area contributed by atoms with Crippen LogP contribution in [0.2, 0.25) is 0 Å². The van der Waals surface area contributed by atoms with Crippen LogP contribution in [0.25, 0.3) is 5.57 Å². The summed E-state index contributed by atoms with van der Waals surface area (Å²) in [6.07, 6.45) is 3.62. The molecule has 188 valence electrons. The molecule has 0 radical (unpaired) electrons. The zero-order valence-electron chi connectivity index (χ0n) is 22.3. The lowest BCUT2D eigenvalue weighted by Gasteiger charge is -2.18. The number of benzene rings is 4. The Morgan fingerprint density at radius 2 is 1.08 bits per heavy atom. The van der Waals surface area contributed by atoms with Gasteiger partial charge in [0.25, 0.3) is 0 Å². The van der Waals surface area contributed by atoms with Crippen molar-refractivity contribution >= 4 is 22.7 Å². The van der Waals surface area contributed by atoms with Gasteiger partial charge in [0.15, 0.2) is 5.78 Å². The molecule has 4 rings (SSSR count). The molecule has 0 spiro atoms. The van der Waals surface area contributed by atoms with Crippen LogP contribution in [0.3, 0.4) is 0 Å². The van der Waals surface area contributed by atoms with Crippen LogP contribution >= 0.6 is 0 Å². The lowest BCUT2D eigenvalue weighted by molar-refractivity contribution is 0.0920. The molecule has 3 nitrogen and oxygen atoms in total. The van der Waals surface area contributed by atoms with Crippen molar-refractivity contribution in [3.8, 4) is 0 Å². The van der Waals surface area contributed by atoms with E-state index in [9.17, 15) is 4.79 Å². The van der Waals surface area contributed by atoms with Crippen LogP contribution in [0, 0.1) is 5.92 Å². The molecule has 0 aliphatic rings. The highest BCUT2D eigenvalue weighted by molar-refractivity contribution is 5.98. The molecule has 3 heteroatoms. The van der Waals surface area contributed by atoms with Crippen LogP contribution in [-0.4, -0.2) is 34.0 Å². The Kier molecular flexibility index (Phi) is 8.58. The SMILES string of the molecule is CN(C)c1ccc(C(=CC[C@@H](Cc2ccccc2)C(=O)c2ccccc2)c2ccc(N(C)C)cc2)cc1. The van der Waals surface area contributed by atoms with E-state index in [4.69, 9.17) is 0 Å². The summed E-state index contributed by atoms with van der Waals surface area (Å²) in [6.45, 7) is 0. The molecule has 0 saturated carbocycles. The van der Waals surface area contributed by atoms with Crippen molar-refractivity contribution in [1.82, 2.24) is 0 Å². The minimum absolute atomic E-state index is 0.151. The third-order valence-corrected chi connectivity index (χ3v) is 6.75. The Bertz CT molecular complexity index is 1250. The van der Waals surface area contributed by atoms with Gasteiger partial charge in [-0.3, -0.25) is 4.79 Å². The van der Waals surface area contributed by atoms with Crippen LogP contribution < -0.4 is 9.80 Å². The second kappa shape index (κ2) is 12.2. The van der Waals surface area contributed by atoms with E-state index in [2.05, 4.69) is 105 Å². The van der Waals surface area contributed by atoms with Gasteiger partial charge < -0.3 is 9.80 Å². The maximum Gasteiger partial charge on any atom is 0.166 e. The Hall–Kier alpha value is -4.11. The number of hydrogen-bond acceptors (Lipinski definition) is 3. The molecule has 1 atom stereocenters. The highest BCUT2D eigenvalue weighted by Crippen LogP contribution is 2.29. The molecular weight excluding hydrogens is 452 g/mol. The third-order valence-electron chi connectivity index (χ3n) is 6.75. The third kappa shape index (κ3) is 6.77. The van der Waals surface area contributed by atoms with E-state index in [0.717, 1.165) is 33.6 Å². The molecule has 0 heterocycles. The average Bonchev–Trinajstić information content (AvgIpc) is 2.93. The first kappa shape index (κ1) is 26.0. The average molecular weight is 489 g/mol. The van der Waals surface area contributed by atoms with E-state index in [1.54, 1.807) is 0 Å². The maximum absolute atomic E-state index is 13.6.